The Kier molecular flexibility index (Phi) is 6.76. The zero-order valence-electron chi connectivity index (χ0n) is 9.54. The fraction of sp³-hybridized carbons (Fsp3) is 0.417. The Labute approximate surface area is 116 Å². The summed E-state index contributed by atoms with van der Waals surface area (Å²) in [6, 6.07) is 7.61. The van der Waals surface area contributed by atoms with Gasteiger partial charge in [0.15, 0.2) is 0 Å². The van der Waals surface area contributed by atoms with Gasteiger partial charge in [0.05, 0.1) is 16.1 Å². The molecule has 1 rings (SSSR count). The summed E-state index contributed by atoms with van der Waals surface area (Å²) in [7, 11) is 0. The third kappa shape index (κ3) is 5.18. The molecule has 17 heavy (non-hydrogen) atoms. The average Bonchev–Trinajstić information content (AvgIpc) is 2.34. The lowest BCUT2D eigenvalue weighted by Gasteiger charge is -2.10. The first-order chi connectivity index (χ1) is 8.17. The van der Waals surface area contributed by atoms with Crippen molar-refractivity contribution < 1.29 is 0 Å². The molecule has 0 aliphatic heterocycles. The highest BCUT2D eigenvalue weighted by atomic mass is 35.5. The van der Waals surface area contributed by atoms with E-state index in [1.54, 1.807) is 17.8 Å². The van der Waals surface area contributed by atoms with Gasteiger partial charge in [-0.25, -0.2) is 0 Å². The summed E-state index contributed by atoms with van der Waals surface area (Å²) >= 11 is 13.4. The molecule has 0 saturated carbocycles. The fourth-order valence-electron chi connectivity index (χ4n) is 1.21. The van der Waals surface area contributed by atoms with Gasteiger partial charge in [-0.15, -0.1) is 11.8 Å². The highest BCUT2D eigenvalue weighted by Gasteiger charge is 2.07. The molecule has 0 radical (unpaired) electrons. The molecule has 1 N–H and O–H groups in total. The largest absolute Gasteiger partial charge is 0.301 e. The van der Waals surface area contributed by atoms with Crippen LogP contribution < -0.4 is 5.32 Å². The Hall–Kier alpha value is -0.400. The number of nitrogens with zero attached hydrogens (tertiary/aromatic N) is 1. The second kappa shape index (κ2) is 7.84. The molecule has 0 heterocycles. The first-order valence-electron chi connectivity index (χ1n) is 5.38. The maximum atomic E-state index is 8.96. The number of benzene rings is 1. The SMILES string of the molecule is CCCNC(C#N)CSc1ccc(Cl)c(Cl)c1. The summed E-state index contributed by atoms with van der Waals surface area (Å²) in [5.74, 6) is 0.703. The molecule has 0 amide bonds. The van der Waals surface area contributed by atoms with Gasteiger partial charge in [-0.3, -0.25) is 0 Å². The summed E-state index contributed by atoms with van der Waals surface area (Å²) in [6.07, 6.45) is 1.02. The van der Waals surface area contributed by atoms with Crippen molar-refractivity contribution in [1.82, 2.24) is 5.32 Å². The van der Waals surface area contributed by atoms with Crippen LogP contribution in [-0.2, 0) is 0 Å². The minimum absolute atomic E-state index is 0.130. The monoisotopic (exact) mass is 288 g/mol. The number of rotatable bonds is 6. The highest BCUT2D eigenvalue weighted by molar-refractivity contribution is 7.99. The summed E-state index contributed by atoms with van der Waals surface area (Å²) in [5, 5.41) is 13.2. The Balaban J connectivity index is 2.48. The van der Waals surface area contributed by atoms with Gasteiger partial charge in [0, 0.05) is 10.6 Å². The molecule has 1 unspecified atom stereocenters. The molecule has 0 aliphatic carbocycles. The van der Waals surface area contributed by atoms with E-state index in [9.17, 15) is 0 Å². The maximum Gasteiger partial charge on any atom is 0.105 e. The molecule has 0 bridgehead atoms. The number of nitriles is 1. The zero-order valence-corrected chi connectivity index (χ0v) is 11.9. The van der Waals surface area contributed by atoms with E-state index in [2.05, 4.69) is 18.3 Å². The van der Waals surface area contributed by atoms with E-state index in [0.717, 1.165) is 17.9 Å². The minimum Gasteiger partial charge on any atom is -0.301 e. The summed E-state index contributed by atoms with van der Waals surface area (Å²) < 4.78 is 0. The molecule has 1 aromatic carbocycles. The van der Waals surface area contributed by atoms with Gasteiger partial charge in [0.2, 0.25) is 0 Å². The Morgan fingerprint density at radius 2 is 2.18 bits per heavy atom. The lowest BCUT2D eigenvalue weighted by Crippen LogP contribution is -2.30. The van der Waals surface area contributed by atoms with Gasteiger partial charge < -0.3 is 5.32 Å². The Bertz CT molecular complexity index is 404. The number of thioether (sulfide) groups is 1. The Morgan fingerprint density at radius 1 is 1.41 bits per heavy atom. The van der Waals surface area contributed by atoms with E-state index in [1.165, 1.54) is 0 Å². The van der Waals surface area contributed by atoms with E-state index in [1.807, 2.05) is 12.1 Å². The van der Waals surface area contributed by atoms with Crippen LogP contribution in [0.2, 0.25) is 10.0 Å². The topological polar surface area (TPSA) is 35.8 Å². The van der Waals surface area contributed by atoms with Crippen LogP contribution in [0.25, 0.3) is 0 Å². The molecule has 0 saturated heterocycles. The van der Waals surface area contributed by atoms with E-state index >= 15 is 0 Å². The molecule has 0 spiro atoms. The van der Waals surface area contributed by atoms with Gasteiger partial charge in [0.25, 0.3) is 0 Å². The van der Waals surface area contributed by atoms with Crippen LogP contribution in [0.4, 0.5) is 0 Å². The van der Waals surface area contributed by atoms with Crippen molar-refractivity contribution in [2.45, 2.75) is 24.3 Å². The Morgan fingerprint density at radius 3 is 2.76 bits per heavy atom. The van der Waals surface area contributed by atoms with Crippen LogP contribution >= 0.6 is 35.0 Å². The lowest BCUT2D eigenvalue weighted by atomic mass is 10.3. The predicted molar refractivity (Wildman–Crippen MR) is 74.9 cm³/mol. The number of nitrogens with one attached hydrogen (secondary N) is 1. The molecular formula is C12H14Cl2N2S. The van der Waals surface area contributed by atoms with Gasteiger partial charge in [-0.2, -0.15) is 5.26 Å². The van der Waals surface area contributed by atoms with Crippen molar-refractivity contribution in [3.05, 3.63) is 28.2 Å². The van der Waals surface area contributed by atoms with E-state index in [0.29, 0.717) is 15.8 Å². The van der Waals surface area contributed by atoms with Crippen molar-refractivity contribution in [3.63, 3.8) is 0 Å². The van der Waals surface area contributed by atoms with Crippen LogP contribution in [0.15, 0.2) is 23.1 Å². The molecule has 0 aromatic heterocycles. The average molecular weight is 289 g/mol. The molecule has 5 heteroatoms. The second-order valence-electron chi connectivity index (χ2n) is 3.52. The van der Waals surface area contributed by atoms with Crippen molar-refractivity contribution in [2.24, 2.45) is 0 Å². The van der Waals surface area contributed by atoms with E-state index < -0.39 is 0 Å². The van der Waals surface area contributed by atoms with Crippen LogP contribution in [-0.4, -0.2) is 18.3 Å². The van der Waals surface area contributed by atoms with Crippen LogP contribution in [0.1, 0.15) is 13.3 Å². The quantitative estimate of drug-likeness (QED) is 0.805. The first-order valence-corrected chi connectivity index (χ1v) is 7.12. The van der Waals surface area contributed by atoms with Gasteiger partial charge in [-0.1, -0.05) is 30.1 Å². The molecule has 0 fully saturated rings. The van der Waals surface area contributed by atoms with Crippen molar-refractivity contribution in [2.75, 3.05) is 12.3 Å². The van der Waals surface area contributed by atoms with Gasteiger partial charge >= 0.3 is 0 Å². The molecule has 1 atom stereocenters. The van der Waals surface area contributed by atoms with Crippen LogP contribution in [0.5, 0.6) is 0 Å². The highest BCUT2D eigenvalue weighted by Crippen LogP contribution is 2.28. The maximum absolute atomic E-state index is 8.96. The molecular weight excluding hydrogens is 275 g/mol. The first kappa shape index (κ1) is 14.7. The minimum atomic E-state index is -0.130. The van der Waals surface area contributed by atoms with E-state index in [-0.39, 0.29) is 6.04 Å². The lowest BCUT2D eigenvalue weighted by molar-refractivity contribution is 0.637. The number of hydrogen-bond acceptors (Lipinski definition) is 3. The molecule has 0 aliphatic rings. The second-order valence-corrected chi connectivity index (χ2v) is 5.43. The zero-order chi connectivity index (χ0) is 12.7. The smallest absolute Gasteiger partial charge is 0.105 e. The summed E-state index contributed by atoms with van der Waals surface area (Å²) in [6.45, 7) is 2.94. The third-order valence-electron chi connectivity index (χ3n) is 2.10. The van der Waals surface area contributed by atoms with Crippen molar-refractivity contribution >= 4 is 35.0 Å². The molecule has 2 nitrogen and oxygen atoms in total. The fourth-order valence-corrected chi connectivity index (χ4v) is 2.49. The van der Waals surface area contributed by atoms with Gasteiger partial charge in [0.1, 0.15) is 6.04 Å². The van der Waals surface area contributed by atoms with Crippen molar-refractivity contribution in [3.8, 4) is 6.07 Å². The van der Waals surface area contributed by atoms with Crippen LogP contribution in [0.3, 0.4) is 0 Å². The normalized spacial score (nSPS) is 12.1. The molecule has 92 valence electrons. The predicted octanol–water partition coefficient (Wildman–Crippen LogP) is 3.98. The number of hydrogen-bond donors (Lipinski definition) is 1. The number of halogens is 2. The standard InChI is InChI=1S/C12H14Cl2N2S/c1-2-5-16-9(7-15)8-17-10-3-4-11(13)12(14)6-10/h3-4,6,9,16H,2,5,8H2,1H3. The summed E-state index contributed by atoms with van der Waals surface area (Å²) in [4.78, 5) is 1.03. The van der Waals surface area contributed by atoms with Gasteiger partial charge in [-0.05, 0) is 31.2 Å². The van der Waals surface area contributed by atoms with Crippen molar-refractivity contribution in [1.29, 1.82) is 5.26 Å². The molecule has 1 aromatic rings. The van der Waals surface area contributed by atoms with Crippen LogP contribution in [0, 0.1) is 11.3 Å². The third-order valence-corrected chi connectivity index (χ3v) is 3.93. The van der Waals surface area contributed by atoms with E-state index in [4.69, 9.17) is 28.5 Å². The summed E-state index contributed by atoms with van der Waals surface area (Å²) in [5.41, 5.74) is 0.